The fourth-order valence-corrected chi connectivity index (χ4v) is 2.65. The van der Waals surface area contributed by atoms with Crippen molar-refractivity contribution < 1.29 is 31.4 Å². The van der Waals surface area contributed by atoms with Gasteiger partial charge in [0.2, 0.25) is 5.82 Å². The molecule has 0 aliphatic carbocycles. The Kier molecular flexibility index (Phi) is 4.39. The zero-order valence-corrected chi connectivity index (χ0v) is 12.2. The predicted molar refractivity (Wildman–Crippen MR) is 70.1 cm³/mol. The van der Waals surface area contributed by atoms with Crippen LogP contribution in [0, 0.1) is 23.0 Å². The number of hydrogen-bond donors (Lipinski definition) is 0. The Morgan fingerprint density at radius 2 is 1.96 bits per heavy atom. The second-order valence-electron chi connectivity index (χ2n) is 5.09. The summed E-state index contributed by atoms with van der Waals surface area (Å²) < 4.78 is 76.4. The molecular weight excluding hydrogens is 323 g/mol. The molecule has 1 aliphatic rings. The van der Waals surface area contributed by atoms with E-state index in [9.17, 15) is 22.0 Å². The highest BCUT2D eigenvalue weighted by molar-refractivity contribution is 5.62. The molecule has 126 valence electrons. The lowest BCUT2D eigenvalue weighted by atomic mass is 10.00. The van der Waals surface area contributed by atoms with E-state index >= 15 is 0 Å². The molecule has 2 rings (SSSR count). The van der Waals surface area contributed by atoms with Crippen molar-refractivity contribution in [2.75, 3.05) is 25.7 Å². The van der Waals surface area contributed by atoms with Crippen LogP contribution in [-0.2, 0) is 4.74 Å². The average molecular weight is 336 g/mol. The van der Waals surface area contributed by atoms with E-state index in [2.05, 4.69) is 4.74 Å². The first-order valence-corrected chi connectivity index (χ1v) is 6.51. The lowest BCUT2D eigenvalue weighted by Crippen LogP contribution is -2.49. The van der Waals surface area contributed by atoms with Gasteiger partial charge in [0.15, 0.2) is 17.2 Å². The van der Waals surface area contributed by atoms with Gasteiger partial charge in [-0.15, -0.1) is 0 Å². The van der Waals surface area contributed by atoms with E-state index < -0.39 is 48.2 Å². The third kappa shape index (κ3) is 2.67. The Morgan fingerprint density at radius 1 is 1.30 bits per heavy atom. The molecule has 0 N–H and O–H groups in total. The van der Waals surface area contributed by atoms with Crippen molar-refractivity contribution in [1.82, 2.24) is 0 Å². The van der Waals surface area contributed by atoms with E-state index in [1.165, 1.54) is 0 Å². The largest absolute Gasteiger partial charge is 0.491 e. The van der Waals surface area contributed by atoms with E-state index in [4.69, 9.17) is 10.00 Å². The van der Waals surface area contributed by atoms with Gasteiger partial charge in [-0.25, -0.2) is 4.39 Å². The molecular formula is C14H13F5N2O2. The number of alkyl halides is 3. The number of hydrogen-bond acceptors (Lipinski definition) is 4. The molecule has 1 aromatic rings. The molecule has 0 amide bonds. The third-order valence-corrected chi connectivity index (χ3v) is 3.92. The molecule has 1 aromatic carbocycles. The van der Waals surface area contributed by atoms with Gasteiger partial charge >= 0.3 is 6.18 Å². The number of rotatable bonds is 3. The molecule has 1 fully saturated rings. The lowest BCUT2D eigenvalue weighted by Gasteiger charge is -2.30. The maximum atomic E-state index is 13.8. The second-order valence-corrected chi connectivity index (χ2v) is 5.09. The number of nitrogens with zero attached hydrogens (tertiary/aromatic N) is 2. The number of benzene rings is 1. The van der Waals surface area contributed by atoms with Crippen molar-refractivity contribution in [3.8, 4) is 11.8 Å². The van der Waals surface area contributed by atoms with Crippen LogP contribution in [0.2, 0.25) is 0 Å². The quantitative estimate of drug-likeness (QED) is 0.796. The van der Waals surface area contributed by atoms with Gasteiger partial charge < -0.3 is 14.4 Å². The molecule has 1 aliphatic heterocycles. The Balaban J connectivity index is 2.52. The molecule has 2 unspecified atom stereocenters. The van der Waals surface area contributed by atoms with Crippen LogP contribution in [-0.4, -0.2) is 38.6 Å². The highest BCUT2D eigenvalue weighted by Crippen LogP contribution is 2.46. The minimum absolute atomic E-state index is 0.138. The van der Waals surface area contributed by atoms with Gasteiger partial charge in [-0.1, -0.05) is 0 Å². The highest BCUT2D eigenvalue weighted by atomic mass is 19.4. The second kappa shape index (κ2) is 5.85. The summed E-state index contributed by atoms with van der Waals surface area (Å²) in [5, 5.41) is 9.16. The summed E-state index contributed by atoms with van der Waals surface area (Å²) in [6.45, 7) is -0.730. The number of ether oxygens (including phenoxy) is 2. The summed E-state index contributed by atoms with van der Waals surface area (Å²) in [4.78, 5) is 1.01. The van der Waals surface area contributed by atoms with Crippen LogP contribution >= 0.6 is 0 Å². The minimum Gasteiger partial charge on any atom is -0.491 e. The first-order valence-electron chi connectivity index (χ1n) is 6.51. The summed E-state index contributed by atoms with van der Waals surface area (Å²) in [5.74, 6) is -3.09. The molecule has 0 radical (unpaired) electrons. The van der Waals surface area contributed by atoms with Crippen molar-refractivity contribution in [1.29, 1.82) is 5.26 Å². The molecule has 0 saturated carbocycles. The SMILES string of the molecule is COc1c(N2CC(OC)(C(F)(F)F)CC2C#N)ccc(F)c1F. The summed E-state index contributed by atoms with van der Waals surface area (Å²) in [6.07, 6.45) is -5.37. The van der Waals surface area contributed by atoms with Crippen molar-refractivity contribution >= 4 is 5.69 Å². The topological polar surface area (TPSA) is 45.5 Å². The average Bonchev–Trinajstić information content (AvgIpc) is 2.89. The number of anilines is 1. The van der Waals surface area contributed by atoms with Gasteiger partial charge in [0, 0.05) is 13.5 Å². The van der Waals surface area contributed by atoms with Gasteiger partial charge in [0.25, 0.3) is 0 Å². The summed E-state index contributed by atoms with van der Waals surface area (Å²) in [6, 6.07) is 2.35. The Labute approximate surface area is 129 Å². The molecule has 9 heteroatoms. The number of methoxy groups -OCH3 is 2. The van der Waals surface area contributed by atoms with Gasteiger partial charge in [-0.3, -0.25) is 0 Å². The van der Waals surface area contributed by atoms with Crippen LogP contribution in [0.25, 0.3) is 0 Å². The predicted octanol–water partition coefficient (Wildman–Crippen LogP) is 3.02. The zero-order chi connectivity index (χ0) is 17.4. The fourth-order valence-electron chi connectivity index (χ4n) is 2.65. The standard InChI is InChI=1S/C14H13F5N2O2/c1-22-12-10(4-3-9(15)11(12)16)21-7-13(23-2,14(17,18)19)5-8(21)6-20/h3-4,8H,5,7H2,1-2H3. The lowest BCUT2D eigenvalue weighted by molar-refractivity contribution is -0.261. The van der Waals surface area contributed by atoms with Crippen LogP contribution in [0.15, 0.2) is 12.1 Å². The normalized spacial score (nSPS) is 24.6. The smallest absolute Gasteiger partial charge is 0.419 e. The molecule has 1 heterocycles. The van der Waals surface area contributed by atoms with E-state index in [0.29, 0.717) is 0 Å². The summed E-state index contributed by atoms with van der Waals surface area (Å²) in [7, 11) is 1.96. The molecule has 1 saturated heterocycles. The maximum absolute atomic E-state index is 13.8. The van der Waals surface area contributed by atoms with Crippen molar-refractivity contribution in [3.05, 3.63) is 23.8 Å². The Hall–Kier alpha value is -2.08. The Bertz CT molecular complexity index is 643. The highest BCUT2D eigenvalue weighted by Gasteiger charge is 2.62. The number of nitriles is 1. The molecule has 4 nitrogen and oxygen atoms in total. The van der Waals surface area contributed by atoms with Crippen LogP contribution in [0.4, 0.5) is 27.6 Å². The maximum Gasteiger partial charge on any atom is 0.419 e. The molecule has 0 bridgehead atoms. The summed E-state index contributed by atoms with van der Waals surface area (Å²) in [5.41, 5.74) is -2.70. The van der Waals surface area contributed by atoms with Crippen LogP contribution in [0.5, 0.6) is 5.75 Å². The first kappa shape index (κ1) is 17.3. The van der Waals surface area contributed by atoms with Gasteiger partial charge in [-0.05, 0) is 12.1 Å². The van der Waals surface area contributed by atoms with E-state index in [1.807, 2.05) is 0 Å². The van der Waals surface area contributed by atoms with Crippen LogP contribution < -0.4 is 9.64 Å². The van der Waals surface area contributed by atoms with E-state index in [1.54, 1.807) is 6.07 Å². The van der Waals surface area contributed by atoms with E-state index in [0.717, 1.165) is 31.3 Å². The van der Waals surface area contributed by atoms with Gasteiger partial charge in [0.1, 0.15) is 6.04 Å². The number of halogens is 5. The minimum atomic E-state index is -4.72. The van der Waals surface area contributed by atoms with Crippen molar-refractivity contribution in [3.63, 3.8) is 0 Å². The van der Waals surface area contributed by atoms with Crippen molar-refractivity contribution in [2.45, 2.75) is 24.2 Å². The monoisotopic (exact) mass is 336 g/mol. The first-order chi connectivity index (χ1) is 10.7. The molecule has 2 atom stereocenters. The van der Waals surface area contributed by atoms with E-state index in [-0.39, 0.29) is 5.69 Å². The van der Waals surface area contributed by atoms with Gasteiger partial charge in [-0.2, -0.15) is 22.8 Å². The molecule has 0 aromatic heterocycles. The molecule has 23 heavy (non-hydrogen) atoms. The zero-order valence-electron chi connectivity index (χ0n) is 12.2. The van der Waals surface area contributed by atoms with Gasteiger partial charge in [0.05, 0.1) is 25.4 Å². The Morgan fingerprint density at radius 3 is 2.43 bits per heavy atom. The van der Waals surface area contributed by atoms with Crippen LogP contribution in [0.1, 0.15) is 6.42 Å². The third-order valence-electron chi connectivity index (χ3n) is 3.92. The molecule has 0 spiro atoms. The fraction of sp³-hybridized carbons (Fsp3) is 0.500. The summed E-state index contributed by atoms with van der Waals surface area (Å²) >= 11 is 0. The van der Waals surface area contributed by atoms with Crippen LogP contribution in [0.3, 0.4) is 0 Å². The van der Waals surface area contributed by atoms with Crippen molar-refractivity contribution in [2.24, 2.45) is 0 Å².